The van der Waals surface area contributed by atoms with Crippen molar-refractivity contribution in [1.29, 1.82) is 0 Å². The fourth-order valence-electron chi connectivity index (χ4n) is 3.06. The lowest BCUT2D eigenvalue weighted by Crippen LogP contribution is -2.30. The first-order valence-electron chi connectivity index (χ1n) is 8.79. The minimum Gasteiger partial charge on any atom is -0.347 e. The van der Waals surface area contributed by atoms with Gasteiger partial charge in [-0.25, -0.2) is 4.39 Å². The molecule has 7 nitrogen and oxygen atoms in total. The fourth-order valence-corrected chi connectivity index (χ4v) is 4.01. The normalized spacial score (nSPS) is 14.5. The quantitative estimate of drug-likeness (QED) is 0.743. The molecule has 140 valence electrons. The molecule has 1 saturated heterocycles. The zero-order chi connectivity index (χ0) is 18.8. The summed E-state index contributed by atoms with van der Waals surface area (Å²) in [7, 11) is 0. The van der Waals surface area contributed by atoms with Gasteiger partial charge in [0.2, 0.25) is 10.1 Å². The first-order chi connectivity index (χ1) is 13.1. The van der Waals surface area contributed by atoms with Crippen LogP contribution in [0.5, 0.6) is 0 Å². The first kappa shape index (κ1) is 17.6. The van der Waals surface area contributed by atoms with Crippen molar-refractivity contribution in [3.8, 4) is 0 Å². The van der Waals surface area contributed by atoms with Gasteiger partial charge in [0, 0.05) is 25.7 Å². The highest BCUT2D eigenvalue weighted by Gasteiger charge is 2.19. The predicted octanol–water partition coefficient (Wildman–Crippen LogP) is 2.21. The Labute approximate surface area is 158 Å². The zero-order valence-corrected chi connectivity index (χ0v) is 15.3. The van der Waals surface area contributed by atoms with Crippen LogP contribution in [0, 0.1) is 5.82 Å². The molecule has 1 aliphatic heterocycles. The van der Waals surface area contributed by atoms with Crippen LogP contribution < -0.4 is 15.8 Å². The number of carbonyl (C=O) groups excluding carboxylic acids is 1. The van der Waals surface area contributed by atoms with Crippen LogP contribution in [0.3, 0.4) is 0 Å². The average molecular weight is 387 g/mol. The molecule has 1 N–H and O–H groups in total. The summed E-state index contributed by atoms with van der Waals surface area (Å²) in [5, 5.41) is 8.02. The van der Waals surface area contributed by atoms with Crippen molar-refractivity contribution in [2.75, 3.05) is 18.0 Å². The van der Waals surface area contributed by atoms with E-state index >= 15 is 0 Å². The van der Waals surface area contributed by atoms with Crippen LogP contribution in [0.1, 0.15) is 35.3 Å². The van der Waals surface area contributed by atoms with E-state index in [1.54, 1.807) is 12.1 Å². The number of aromatic nitrogens is 3. The van der Waals surface area contributed by atoms with Gasteiger partial charge in [-0.05, 0) is 37.0 Å². The van der Waals surface area contributed by atoms with E-state index in [-0.39, 0.29) is 18.1 Å². The Kier molecular flexibility index (Phi) is 4.85. The maximum atomic E-state index is 13.0. The van der Waals surface area contributed by atoms with E-state index < -0.39 is 11.5 Å². The molecule has 0 aliphatic carbocycles. The molecule has 4 rings (SSSR count). The number of hydrogen-bond acceptors (Lipinski definition) is 6. The van der Waals surface area contributed by atoms with Gasteiger partial charge in [0.05, 0.1) is 0 Å². The second kappa shape index (κ2) is 7.43. The molecule has 3 heterocycles. The predicted molar refractivity (Wildman–Crippen MR) is 101 cm³/mol. The van der Waals surface area contributed by atoms with Gasteiger partial charge in [-0.1, -0.05) is 23.5 Å². The molecular weight excluding hydrogens is 369 g/mol. The lowest BCUT2D eigenvalue weighted by Gasteiger charge is -2.25. The van der Waals surface area contributed by atoms with Gasteiger partial charge >= 0.3 is 0 Å². The number of hydrogen-bond donors (Lipinski definition) is 1. The summed E-state index contributed by atoms with van der Waals surface area (Å²) in [5.41, 5.74) is 0.428. The van der Waals surface area contributed by atoms with Crippen LogP contribution >= 0.6 is 11.3 Å². The van der Waals surface area contributed by atoms with Crippen LogP contribution in [0.25, 0.3) is 4.96 Å². The number of piperidine rings is 1. The van der Waals surface area contributed by atoms with Crippen molar-refractivity contribution in [3.05, 3.63) is 57.8 Å². The van der Waals surface area contributed by atoms with Gasteiger partial charge in [-0.3, -0.25) is 9.59 Å². The number of carbonyl (C=O) groups is 1. The maximum Gasteiger partial charge on any atom is 0.274 e. The van der Waals surface area contributed by atoms with E-state index in [2.05, 4.69) is 20.3 Å². The van der Waals surface area contributed by atoms with E-state index in [1.165, 1.54) is 40.5 Å². The molecule has 1 aromatic carbocycles. The Bertz CT molecular complexity index is 1020. The molecule has 0 saturated carbocycles. The highest BCUT2D eigenvalue weighted by molar-refractivity contribution is 7.20. The summed E-state index contributed by atoms with van der Waals surface area (Å²) in [5.74, 6) is -0.760. The van der Waals surface area contributed by atoms with Crippen molar-refractivity contribution in [1.82, 2.24) is 19.9 Å². The topological polar surface area (TPSA) is 79.6 Å². The lowest BCUT2D eigenvalue weighted by atomic mass is 10.1. The standard InChI is InChI=1S/C18H18FN5O2S/c19-13-6-4-12(5-7-13)11-20-16(26)14-10-15(25)21-17-24(14)22-18(27-17)23-8-2-1-3-9-23/h4-7,10H,1-3,8-9,11H2,(H,20,26). The number of nitrogens with zero attached hydrogens (tertiary/aromatic N) is 4. The summed E-state index contributed by atoms with van der Waals surface area (Å²) in [4.78, 5) is 31.1. The van der Waals surface area contributed by atoms with Gasteiger partial charge in [-0.15, -0.1) is 5.10 Å². The summed E-state index contributed by atoms with van der Waals surface area (Å²) in [6.07, 6.45) is 3.41. The molecule has 9 heteroatoms. The van der Waals surface area contributed by atoms with Gasteiger partial charge in [-0.2, -0.15) is 9.50 Å². The number of halogens is 1. The molecule has 0 radical (unpaired) electrons. The lowest BCUT2D eigenvalue weighted by molar-refractivity contribution is 0.0943. The van der Waals surface area contributed by atoms with Crippen molar-refractivity contribution in [2.45, 2.75) is 25.8 Å². The molecule has 0 atom stereocenters. The fraction of sp³-hybridized carbons (Fsp3) is 0.333. The Morgan fingerprint density at radius 1 is 1.19 bits per heavy atom. The smallest absolute Gasteiger partial charge is 0.274 e. The Morgan fingerprint density at radius 3 is 2.67 bits per heavy atom. The van der Waals surface area contributed by atoms with Crippen LogP contribution in [-0.4, -0.2) is 33.6 Å². The van der Waals surface area contributed by atoms with E-state index in [1.807, 2.05) is 0 Å². The number of anilines is 1. The molecule has 3 aromatic rings. The monoisotopic (exact) mass is 387 g/mol. The molecule has 27 heavy (non-hydrogen) atoms. The zero-order valence-electron chi connectivity index (χ0n) is 14.5. The highest BCUT2D eigenvalue weighted by atomic mass is 32.1. The Morgan fingerprint density at radius 2 is 1.93 bits per heavy atom. The van der Waals surface area contributed by atoms with E-state index in [0.29, 0.717) is 4.96 Å². The van der Waals surface area contributed by atoms with E-state index in [0.717, 1.165) is 36.6 Å². The molecule has 1 aliphatic rings. The van der Waals surface area contributed by atoms with Gasteiger partial charge in [0.1, 0.15) is 11.5 Å². The number of rotatable bonds is 4. The van der Waals surface area contributed by atoms with Crippen LogP contribution in [0.4, 0.5) is 9.52 Å². The first-order valence-corrected chi connectivity index (χ1v) is 9.60. The minimum atomic E-state index is -0.476. The molecule has 0 spiro atoms. The number of benzene rings is 1. The van der Waals surface area contributed by atoms with Crippen molar-refractivity contribution >= 4 is 27.3 Å². The Balaban J connectivity index is 1.59. The van der Waals surface area contributed by atoms with Crippen LogP contribution in [0.2, 0.25) is 0 Å². The van der Waals surface area contributed by atoms with E-state index in [4.69, 9.17) is 0 Å². The third-order valence-corrected chi connectivity index (χ3v) is 5.44. The molecule has 1 amide bonds. The summed E-state index contributed by atoms with van der Waals surface area (Å²) >= 11 is 1.31. The summed E-state index contributed by atoms with van der Waals surface area (Å²) in [6, 6.07) is 7.05. The van der Waals surface area contributed by atoms with Gasteiger partial charge in [0.15, 0.2) is 0 Å². The summed E-state index contributed by atoms with van der Waals surface area (Å²) < 4.78 is 14.4. The minimum absolute atomic E-state index is 0.145. The van der Waals surface area contributed by atoms with Crippen LogP contribution in [0.15, 0.2) is 35.1 Å². The summed E-state index contributed by atoms with van der Waals surface area (Å²) in [6.45, 7) is 2.05. The third kappa shape index (κ3) is 3.82. The molecule has 0 bridgehead atoms. The maximum absolute atomic E-state index is 13.0. The van der Waals surface area contributed by atoms with Crippen molar-refractivity contribution in [2.24, 2.45) is 0 Å². The molecular formula is C18H18FN5O2S. The molecule has 2 aromatic heterocycles. The molecule has 0 unspecified atom stereocenters. The van der Waals surface area contributed by atoms with Gasteiger partial charge in [0.25, 0.3) is 11.5 Å². The van der Waals surface area contributed by atoms with Crippen LogP contribution in [-0.2, 0) is 6.54 Å². The van der Waals surface area contributed by atoms with Crippen molar-refractivity contribution in [3.63, 3.8) is 0 Å². The van der Waals surface area contributed by atoms with Gasteiger partial charge < -0.3 is 10.2 Å². The van der Waals surface area contributed by atoms with Crippen molar-refractivity contribution < 1.29 is 9.18 Å². The SMILES string of the molecule is O=C(NCc1ccc(F)cc1)c1cc(=O)nc2sc(N3CCCCC3)nn12. The highest BCUT2D eigenvalue weighted by Crippen LogP contribution is 2.25. The number of amides is 1. The second-order valence-electron chi connectivity index (χ2n) is 6.42. The largest absolute Gasteiger partial charge is 0.347 e. The molecule has 1 fully saturated rings. The van der Waals surface area contributed by atoms with E-state index in [9.17, 15) is 14.0 Å². The third-order valence-electron chi connectivity index (χ3n) is 4.47. The number of fused-ring (bicyclic) bond motifs is 1. The average Bonchev–Trinajstić information content (AvgIpc) is 3.11. The Hall–Kier alpha value is -2.81. The second-order valence-corrected chi connectivity index (χ2v) is 7.35. The number of nitrogens with one attached hydrogen (secondary N) is 1.